The second kappa shape index (κ2) is 6.81. The number of carboxylic acid groups (broad SMARTS) is 1. The van der Waals surface area contributed by atoms with Crippen molar-refractivity contribution in [2.24, 2.45) is 0 Å². The molecule has 7 heteroatoms. The molecule has 1 aromatic heterocycles. The van der Waals surface area contributed by atoms with Gasteiger partial charge in [-0.05, 0) is 31.9 Å². The molecule has 1 aromatic rings. The zero-order valence-electron chi connectivity index (χ0n) is 12.5. The minimum atomic E-state index is -1.01. The molecule has 0 amide bonds. The fraction of sp³-hybridized carbons (Fsp3) is 0.600. The van der Waals surface area contributed by atoms with Gasteiger partial charge >= 0.3 is 5.97 Å². The van der Waals surface area contributed by atoms with Crippen LogP contribution in [0.15, 0.2) is 18.2 Å². The van der Waals surface area contributed by atoms with Crippen LogP contribution in [-0.4, -0.2) is 54.1 Å². The van der Waals surface area contributed by atoms with Crippen LogP contribution in [0, 0.1) is 0 Å². The standard InChI is InChI=1S/C15H20N2O4.ClH/c1-11-8-17(9-15(21-11)6-3-7-20-10-15)13-5-2-4-12(16-13)14(18)19;/h2,4-5,11H,3,6-10H2,1H3,(H,18,19);1H. The molecule has 1 N–H and O–H groups in total. The van der Waals surface area contributed by atoms with Crippen molar-refractivity contribution in [3.63, 3.8) is 0 Å². The van der Waals surface area contributed by atoms with E-state index < -0.39 is 5.97 Å². The lowest BCUT2D eigenvalue weighted by molar-refractivity contribution is -0.160. The Kier molecular flexibility index (Phi) is 5.26. The summed E-state index contributed by atoms with van der Waals surface area (Å²) in [4.78, 5) is 17.4. The van der Waals surface area contributed by atoms with E-state index in [4.69, 9.17) is 14.6 Å². The molecule has 0 aliphatic carbocycles. The Bertz CT molecular complexity index is 534. The van der Waals surface area contributed by atoms with Gasteiger partial charge < -0.3 is 19.5 Å². The first-order valence-electron chi connectivity index (χ1n) is 7.29. The fourth-order valence-corrected chi connectivity index (χ4v) is 3.16. The summed E-state index contributed by atoms with van der Waals surface area (Å²) in [7, 11) is 0. The van der Waals surface area contributed by atoms with Crippen molar-refractivity contribution in [2.75, 3.05) is 31.2 Å². The van der Waals surface area contributed by atoms with Crippen LogP contribution in [0.3, 0.4) is 0 Å². The SMILES string of the molecule is CC1CN(c2cccc(C(=O)O)n2)CC2(CCCOC2)O1.Cl. The van der Waals surface area contributed by atoms with Crippen LogP contribution < -0.4 is 4.90 Å². The van der Waals surface area contributed by atoms with Crippen LogP contribution in [0.25, 0.3) is 0 Å². The Morgan fingerprint density at radius 3 is 3.00 bits per heavy atom. The normalized spacial score (nSPS) is 28.2. The van der Waals surface area contributed by atoms with Gasteiger partial charge in [-0.1, -0.05) is 6.07 Å². The van der Waals surface area contributed by atoms with E-state index >= 15 is 0 Å². The molecule has 0 bridgehead atoms. The van der Waals surface area contributed by atoms with E-state index in [1.165, 1.54) is 6.07 Å². The third-order valence-corrected chi connectivity index (χ3v) is 3.97. The van der Waals surface area contributed by atoms with Crippen LogP contribution in [-0.2, 0) is 9.47 Å². The summed E-state index contributed by atoms with van der Waals surface area (Å²) in [6, 6.07) is 5.09. The molecule has 2 saturated heterocycles. The van der Waals surface area contributed by atoms with Crippen LogP contribution in [0.2, 0.25) is 0 Å². The van der Waals surface area contributed by atoms with E-state index in [0.29, 0.717) is 25.5 Å². The van der Waals surface area contributed by atoms with Crippen molar-refractivity contribution in [1.29, 1.82) is 0 Å². The smallest absolute Gasteiger partial charge is 0.354 e. The number of aromatic nitrogens is 1. The van der Waals surface area contributed by atoms with Gasteiger partial charge in [0.15, 0.2) is 5.69 Å². The lowest BCUT2D eigenvalue weighted by atomic mass is 9.93. The number of carbonyl (C=O) groups is 1. The van der Waals surface area contributed by atoms with E-state index in [9.17, 15) is 4.79 Å². The number of hydrogen-bond acceptors (Lipinski definition) is 5. The molecule has 3 heterocycles. The van der Waals surface area contributed by atoms with Gasteiger partial charge in [0.05, 0.1) is 19.3 Å². The number of anilines is 1. The molecule has 6 nitrogen and oxygen atoms in total. The largest absolute Gasteiger partial charge is 0.477 e. The molecule has 0 saturated carbocycles. The number of aromatic carboxylic acids is 1. The Morgan fingerprint density at radius 2 is 2.32 bits per heavy atom. The Labute approximate surface area is 135 Å². The topological polar surface area (TPSA) is 71.9 Å². The van der Waals surface area contributed by atoms with Crippen molar-refractivity contribution in [3.8, 4) is 0 Å². The highest BCUT2D eigenvalue weighted by atomic mass is 35.5. The predicted octanol–water partition coefficient (Wildman–Crippen LogP) is 1.98. The Balaban J connectivity index is 0.00000176. The lowest BCUT2D eigenvalue weighted by Crippen LogP contribution is -2.58. The first-order valence-corrected chi connectivity index (χ1v) is 7.29. The molecule has 2 fully saturated rings. The number of ether oxygens (including phenoxy) is 2. The third kappa shape index (κ3) is 3.51. The number of carboxylic acids is 1. The minimum Gasteiger partial charge on any atom is -0.477 e. The summed E-state index contributed by atoms with van der Waals surface area (Å²) in [5, 5.41) is 9.08. The number of rotatable bonds is 2. The molecule has 2 aliphatic heterocycles. The fourth-order valence-electron chi connectivity index (χ4n) is 3.16. The first kappa shape index (κ1) is 17.0. The highest BCUT2D eigenvalue weighted by Gasteiger charge is 2.41. The van der Waals surface area contributed by atoms with Crippen molar-refractivity contribution in [2.45, 2.75) is 31.5 Å². The number of hydrogen-bond donors (Lipinski definition) is 1. The highest BCUT2D eigenvalue weighted by Crippen LogP contribution is 2.31. The average molecular weight is 329 g/mol. The summed E-state index contributed by atoms with van der Waals surface area (Å²) in [5.41, 5.74) is -0.225. The van der Waals surface area contributed by atoms with Crippen LogP contribution in [0.4, 0.5) is 5.82 Å². The maximum atomic E-state index is 11.1. The number of nitrogens with zero attached hydrogens (tertiary/aromatic N) is 2. The summed E-state index contributed by atoms with van der Waals surface area (Å²) in [6.45, 7) is 4.80. The van der Waals surface area contributed by atoms with Gasteiger partial charge in [-0.15, -0.1) is 12.4 Å². The molecule has 0 radical (unpaired) electrons. The van der Waals surface area contributed by atoms with Gasteiger partial charge in [-0.25, -0.2) is 9.78 Å². The van der Waals surface area contributed by atoms with E-state index in [-0.39, 0.29) is 29.8 Å². The molecule has 2 unspecified atom stereocenters. The van der Waals surface area contributed by atoms with E-state index in [0.717, 1.165) is 19.4 Å². The van der Waals surface area contributed by atoms with Gasteiger partial charge in [0, 0.05) is 13.2 Å². The Morgan fingerprint density at radius 1 is 1.50 bits per heavy atom. The predicted molar refractivity (Wildman–Crippen MR) is 84.0 cm³/mol. The number of morpholine rings is 1. The molecule has 2 aliphatic rings. The molecule has 122 valence electrons. The molecule has 2 atom stereocenters. The second-order valence-corrected chi connectivity index (χ2v) is 5.83. The van der Waals surface area contributed by atoms with Crippen molar-refractivity contribution >= 4 is 24.2 Å². The first-order chi connectivity index (χ1) is 10.1. The average Bonchev–Trinajstić information content (AvgIpc) is 2.47. The Hall–Kier alpha value is -1.37. The quantitative estimate of drug-likeness (QED) is 0.895. The van der Waals surface area contributed by atoms with Gasteiger partial charge in [-0.2, -0.15) is 0 Å². The lowest BCUT2D eigenvalue weighted by Gasteiger charge is -2.47. The summed E-state index contributed by atoms with van der Waals surface area (Å²) in [6.07, 6.45) is 2.02. The van der Waals surface area contributed by atoms with Gasteiger partial charge in [0.2, 0.25) is 0 Å². The number of halogens is 1. The van der Waals surface area contributed by atoms with Crippen molar-refractivity contribution in [1.82, 2.24) is 4.98 Å². The number of pyridine rings is 1. The minimum absolute atomic E-state index is 0. The molecular weight excluding hydrogens is 308 g/mol. The zero-order chi connectivity index (χ0) is 14.9. The highest BCUT2D eigenvalue weighted by molar-refractivity contribution is 5.86. The van der Waals surface area contributed by atoms with Crippen LogP contribution >= 0.6 is 12.4 Å². The third-order valence-electron chi connectivity index (χ3n) is 3.97. The van der Waals surface area contributed by atoms with Gasteiger partial charge in [0.25, 0.3) is 0 Å². The van der Waals surface area contributed by atoms with Gasteiger partial charge in [0.1, 0.15) is 11.4 Å². The monoisotopic (exact) mass is 328 g/mol. The van der Waals surface area contributed by atoms with Crippen molar-refractivity contribution < 1.29 is 19.4 Å². The van der Waals surface area contributed by atoms with Crippen molar-refractivity contribution in [3.05, 3.63) is 23.9 Å². The maximum absolute atomic E-state index is 11.1. The van der Waals surface area contributed by atoms with Crippen LogP contribution in [0.1, 0.15) is 30.3 Å². The summed E-state index contributed by atoms with van der Waals surface area (Å²) >= 11 is 0. The molecular formula is C15H21ClN2O4. The van der Waals surface area contributed by atoms with Crippen LogP contribution in [0.5, 0.6) is 0 Å². The summed E-state index contributed by atoms with van der Waals surface area (Å²) < 4.78 is 11.7. The zero-order valence-corrected chi connectivity index (χ0v) is 13.3. The molecule has 3 rings (SSSR count). The molecule has 1 spiro atoms. The molecule has 22 heavy (non-hydrogen) atoms. The molecule has 0 aromatic carbocycles. The second-order valence-electron chi connectivity index (χ2n) is 5.83. The summed E-state index contributed by atoms with van der Waals surface area (Å²) in [5.74, 6) is -0.316. The van der Waals surface area contributed by atoms with E-state index in [1.54, 1.807) is 6.07 Å². The van der Waals surface area contributed by atoms with E-state index in [2.05, 4.69) is 9.88 Å². The van der Waals surface area contributed by atoms with Gasteiger partial charge in [-0.3, -0.25) is 0 Å². The van der Waals surface area contributed by atoms with E-state index in [1.807, 2.05) is 13.0 Å². The maximum Gasteiger partial charge on any atom is 0.354 e.